The lowest BCUT2D eigenvalue weighted by atomic mass is 9.52. The Morgan fingerprint density at radius 1 is 1.27 bits per heavy atom. The van der Waals surface area contributed by atoms with Crippen LogP contribution in [0.5, 0.6) is 5.75 Å². The summed E-state index contributed by atoms with van der Waals surface area (Å²) in [4.78, 5) is 2.80. The SMILES string of the molecule is CCCCN1CC[C@@]23CCCC[C@H]2[C@@H]1Cc1ccc(O)cc13. The average molecular weight is 299 g/mol. The van der Waals surface area contributed by atoms with E-state index in [-0.39, 0.29) is 0 Å². The standard InChI is InChI=1S/C20H29NO/c1-2-3-11-21-12-10-20-9-5-4-6-17(20)19(21)13-15-7-8-16(22)14-18(15)20/h7-8,14,17,19,22H,2-6,9-13H2,1H3/t17-,19-,20-/m0/s1. The molecular formula is C20H29NO. The van der Waals surface area contributed by atoms with E-state index in [0.717, 1.165) is 12.0 Å². The molecule has 1 aromatic carbocycles. The summed E-state index contributed by atoms with van der Waals surface area (Å²) in [7, 11) is 0. The zero-order valence-electron chi connectivity index (χ0n) is 13.9. The molecule has 1 N–H and O–H groups in total. The molecule has 1 heterocycles. The van der Waals surface area contributed by atoms with Gasteiger partial charge in [0.25, 0.3) is 0 Å². The number of phenols is 1. The van der Waals surface area contributed by atoms with Crippen LogP contribution in [0, 0.1) is 5.92 Å². The number of piperidine rings is 1. The molecule has 4 rings (SSSR count). The van der Waals surface area contributed by atoms with Crippen LogP contribution in [0.2, 0.25) is 0 Å². The minimum atomic E-state index is 0.373. The maximum absolute atomic E-state index is 10.0. The summed E-state index contributed by atoms with van der Waals surface area (Å²) in [5, 5.41) is 10.0. The van der Waals surface area contributed by atoms with Crippen LogP contribution in [-0.4, -0.2) is 29.1 Å². The largest absolute Gasteiger partial charge is 0.508 e. The van der Waals surface area contributed by atoms with Crippen molar-refractivity contribution in [3.8, 4) is 5.75 Å². The number of likely N-dealkylation sites (tertiary alicyclic amines) is 1. The molecule has 3 aliphatic rings. The summed E-state index contributed by atoms with van der Waals surface area (Å²) < 4.78 is 0. The lowest BCUT2D eigenvalue weighted by Crippen LogP contribution is -2.60. The number of phenolic OH excluding ortho intramolecular Hbond substituents is 1. The first kappa shape index (κ1) is 14.6. The first-order valence-corrected chi connectivity index (χ1v) is 9.31. The van der Waals surface area contributed by atoms with E-state index < -0.39 is 0 Å². The zero-order valence-corrected chi connectivity index (χ0v) is 13.9. The number of fused-ring (bicyclic) bond motifs is 1. The molecule has 3 atom stereocenters. The Kier molecular flexibility index (Phi) is 3.68. The number of hydrogen-bond donors (Lipinski definition) is 1. The van der Waals surface area contributed by atoms with E-state index in [1.807, 2.05) is 6.07 Å². The van der Waals surface area contributed by atoms with Crippen LogP contribution in [0.25, 0.3) is 0 Å². The Morgan fingerprint density at radius 2 is 2.18 bits per heavy atom. The molecule has 0 unspecified atom stereocenters. The Labute approximate surface area is 134 Å². The van der Waals surface area contributed by atoms with Crippen molar-refractivity contribution in [3.63, 3.8) is 0 Å². The van der Waals surface area contributed by atoms with Gasteiger partial charge in [-0.1, -0.05) is 32.3 Å². The molecule has 2 aliphatic carbocycles. The van der Waals surface area contributed by atoms with Crippen molar-refractivity contribution < 1.29 is 5.11 Å². The second-order valence-electron chi connectivity index (χ2n) is 7.76. The van der Waals surface area contributed by atoms with Gasteiger partial charge in [-0.15, -0.1) is 0 Å². The number of unbranched alkanes of at least 4 members (excludes halogenated alkanes) is 1. The molecule has 2 nitrogen and oxygen atoms in total. The van der Waals surface area contributed by atoms with Gasteiger partial charge in [0.15, 0.2) is 0 Å². The second-order valence-corrected chi connectivity index (χ2v) is 7.76. The zero-order chi connectivity index (χ0) is 15.2. The summed E-state index contributed by atoms with van der Waals surface area (Å²) in [6.45, 7) is 4.84. The number of rotatable bonds is 3. The van der Waals surface area contributed by atoms with Gasteiger partial charge in [-0.2, -0.15) is 0 Å². The maximum Gasteiger partial charge on any atom is 0.115 e. The maximum atomic E-state index is 10.0. The predicted octanol–water partition coefficient (Wildman–Crippen LogP) is 4.25. The Balaban J connectivity index is 1.75. The van der Waals surface area contributed by atoms with Crippen LogP contribution in [0.3, 0.4) is 0 Å². The van der Waals surface area contributed by atoms with Gasteiger partial charge in [-0.25, -0.2) is 0 Å². The van der Waals surface area contributed by atoms with Gasteiger partial charge >= 0.3 is 0 Å². The summed E-state index contributed by atoms with van der Waals surface area (Å²) in [5.74, 6) is 1.28. The smallest absolute Gasteiger partial charge is 0.115 e. The van der Waals surface area contributed by atoms with Gasteiger partial charge in [0.2, 0.25) is 0 Å². The highest BCUT2D eigenvalue weighted by Crippen LogP contribution is 2.56. The summed E-state index contributed by atoms with van der Waals surface area (Å²) in [6, 6.07) is 6.95. The Hall–Kier alpha value is -1.02. The predicted molar refractivity (Wildman–Crippen MR) is 90.3 cm³/mol. The number of hydrogen-bond acceptors (Lipinski definition) is 2. The van der Waals surface area contributed by atoms with Crippen molar-refractivity contribution in [1.29, 1.82) is 0 Å². The molecule has 1 aromatic rings. The molecular weight excluding hydrogens is 270 g/mol. The van der Waals surface area contributed by atoms with Crippen molar-refractivity contribution in [2.75, 3.05) is 13.1 Å². The number of benzene rings is 1. The topological polar surface area (TPSA) is 23.5 Å². The fraction of sp³-hybridized carbons (Fsp3) is 0.700. The van der Waals surface area contributed by atoms with Crippen molar-refractivity contribution in [1.82, 2.24) is 4.90 Å². The van der Waals surface area contributed by atoms with Gasteiger partial charge in [0.1, 0.15) is 5.75 Å². The number of aromatic hydroxyl groups is 1. The van der Waals surface area contributed by atoms with E-state index >= 15 is 0 Å². The lowest BCUT2D eigenvalue weighted by molar-refractivity contribution is -0.0118. The van der Waals surface area contributed by atoms with E-state index in [9.17, 15) is 5.11 Å². The molecule has 1 saturated heterocycles. The fourth-order valence-corrected chi connectivity index (χ4v) is 5.71. The highest BCUT2D eigenvalue weighted by molar-refractivity contribution is 5.45. The minimum absolute atomic E-state index is 0.373. The van der Waals surface area contributed by atoms with Crippen molar-refractivity contribution in [2.24, 2.45) is 5.92 Å². The molecule has 2 fully saturated rings. The van der Waals surface area contributed by atoms with E-state index in [4.69, 9.17) is 0 Å². The second kappa shape index (κ2) is 5.56. The number of nitrogens with zero attached hydrogens (tertiary/aromatic N) is 1. The highest BCUT2D eigenvalue weighted by Gasteiger charge is 2.53. The molecule has 120 valence electrons. The lowest BCUT2D eigenvalue weighted by Gasteiger charge is -2.59. The Bertz CT molecular complexity index is 555. The van der Waals surface area contributed by atoms with Crippen LogP contribution >= 0.6 is 0 Å². The van der Waals surface area contributed by atoms with Crippen LogP contribution in [0.1, 0.15) is 63.0 Å². The van der Waals surface area contributed by atoms with Crippen LogP contribution in [0.4, 0.5) is 0 Å². The molecule has 2 heteroatoms. The quantitative estimate of drug-likeness (QED) is 0.902. The van der Waals surface area contributed by atoms with Gasteiger partial charge < -0.3 is 5.11 Å². The first-order chi connectivity index (χ1) is 10.7. The van der Waals surface area contributed by atoms with Gasteiger partial charge in [-0.3, -0.25) is 4.90 Å². The molecule has 0 aromatic heterocycles. The molecule has 1 aliphatic heterocycles. The molecule has 22 heavy (non-hydrogen) atoms. The molecule has 0 amide bonds. The van der Waals surface area contributed by atoms with E-state index in [1.54, 1.807) is 0 Å². The minimum Gasteiger partial charge on any atom is -0.508 e. The summed E-state index contributed by atoms with van der Waals surface area (Å²) in [6.07, 6.45) is 10.6. The summed E-state index contributed by atoms with van der Waals surface area (Å²) >= 11 is 0. The van der Waals surface area contributed by atoms with E-state index in [0.29, 0.717) is 11.2 Å². The van der Waals surface area contributed by atoms with E-state index in [2.05, 4.69) is 24.0 Å². The van der Waals surface area contributed by atoms with Crippen LogP contribution in [0.15, 0.2) is 18.2 Å². The molecule has 1 saturated carbocycles. The molecule has 0 radical (unpaired) electrons. The van der Waals surface area contributed by atoms with Gasteiger partial charge in [-0.05, 0) is 74.4 Å². The van der Waals surface area contributed by atoms with Gasteiger partial charge in [0.05, 0.1) is 0 Å². The highest BCUT2D eigenvalue weighted by atomic mass is 16.3. The average Bonchev–Trinajstić information content (AvgIpc) is 2.55. The molecule has 0 spiro atoms. The van der Waals surface area contributed by atoms with Crippen LogP contribution in [-0.2, 0) is 11.8 Å². The van der Waals surface area contributed by atoms with Crippen molar-refractivity contribution in [3.05, 3.63) is 29.3 Å². The molecule has 2 bridgehead atoms. The summed E-state index contributed by atoms with van der Waals surface area (Å²) in [5.41, 5.74) is 3.39. The normalized spacial score (nSPS) is 34.0. The van der Waals surface area contributed by atoms with E-state index in [1.165, 1.54) is 75.6 Å². The third-order valence-corrected chi connectivity index (χ3v) is 6.73. The van der Waals surface area contributed by atoms with Crippen molar-refractivity contribution in [2.45, 2.75) is 69.7 Å². The van der Waals surface area contributed by atoms with Gasteiger partial charge in [0, 0.05) is 11.5 Å². The van der Waals surface area contributed by atoms with Crippen molar-refractivity contribution >= 4 is 0 Å². The van der Waals surface area contributed by atoms with Crippen LogP contribution < -0.4 is 0 Å². The monoisotopic (exact) mass is 299 g/mol. The third kappa shape index (κ3) is 2.11. The third-order valence-electron chi connectivity index (χ3n) is 6.73. The Morgan fingerprint density at radius 3 is 3.05 bits per heavy atom. The fourth-order valence-electron chi connectivity index (χ4n) is 5.71. The first-order valence-electron chi connectivity index (χ1n) is 9.31.